The Labute approximate surface area is 121 Å². The maximum absolute atomic E-state index is 9.81. The zero-order valence-corrected chi connectivity index (χ0v) is 12.9. The van der Waals surface area contributed by atoms with Gasteiger partial charge in [0.15, 0.2) is 0 Å². The Morgan fingerprint density at radius 1 is 1.37 bits per heavy atom. The molecule has 110 valence electrons. The Balaban J connectivity index is 2.00. The van der Waals surface area contributed by atoms with Crippen LogP contribution in [0.25, 0.3) is 0 Å². The minimum atomic E-state index is -0.423. The second kappa shape index (κ2) is 10.4. The molecule has 2 N–H and O–H groups in total. The minimum absolute atomic E-state index is 0.291. The van der Waals surface area contributed by atoms with Crippen LogP contribution in [0.5, 0.6) is 0 Å². The Kier molecular flexibility index (Phi) is 9.08. The molecule has 2 unspecified atom stereocenters. The number of thiophene rings is 1. The highest BCUT2D eigenvalue weighted by Crippen LogP contribution is 2.17. The maximum atomic E-state index is 9.81. The van der Waals surface area contributed by atoms with Crippen LogP contribution in [0.3, 0.4) is 0 Å². The van der Waals surface area contributed by atoms with Crippen LogP contribution in [0.4, 0.5) is 0 Å². The third-order valence-corrected chi connectivity index (χ3v) is 4.14. The minimum Gasteiger partial charge on any atom is -0.389 e. The molecule has 0 saturated carbocycles. The summed E-state index contributed by atoms with van der Waals surface area (Å²) < 4.78 is 5.48. The van der Waals surface area contributed by atoms with Gasteiger partial charge in [-0.25, -0.2) is 0 Å². The molecule has 19 heavy (non-hydrogen) atoms. The molecule has 2 atom stereocenters. The first-order valence-electron chi connectivity index (χ1n) is 7.26. The predicted molar refractivity (Wildman–Crippen MR) is 81.7 cm³/mol. The molecule has 0 fully saturated rings. The van der Waals surface area contributed by atoms with E-state index in [9.17, 15) is 5.11 Å². The molecule has 0 spiro atoms. The second-order valence-corrected chi connectivity index (χ2v) is 5.91. The van der Waals surface area contributed by atoms with Gasteiger partial charge in [-0.15, -0.1) is 11.3 Å². The summed E-state index contributed by atoms with van der Waals surface area (Å²) in [6.45, 7) is 6.08. The highest BCUT2D eigenvalue weighted by molar-refractivity contribution is 7.10. The van der Waals surface area contributed by atoms with Gasteiger partial charge in [0, 0.05) is 24.1 Å². The molecular weight excluding hydrogens is 258 g/mol. The van der Waals surface area contributed by atoms with Crippen LogP contribution in [0, 0.1) is 0 Å². The lowest BCUT2D eigenvalue weighted by atomic mass is 10.2. The van der Waals surface area contributed by atoms with E-state index in [0.29, 0.717) is 19.2 Å². The molecule has 1 aromatic heterocycles. The first-order valence-corrected chi connectivity index (χ1v) is 8.14. The Bertz CT molecular complexity index is 303. The number of hydrogen-bond acceptors (Lipinski definition) is 4. The number of nitrogens with one attached hydrogen (secondary N) is 1. The number of unbranched alkanes of at least 4 members (excludes halogenated alkanes) is 3. The van der Waals surface area contributed by atoms with Crippen LogP contribution >= 0.6 is 11.3 Å². The van der Waals surface area contributed by atoms with Crippen LogP contribution in [0.2, 0.25) is 0 Å². The molecule has 0 radical (unpaired) electrons. The summed E-state index contributed by atoms with van der Waals surface area (Å²) in [6, 6.07) is 4.45. The van der Waals surface area contributed by atoms with Crippen molar-refractivity contribution in [3.8, 4) is 0 Å². The third-order valence-electron chi connectivity index (χ3n) is 3.08. The van der Waals surface area contributed by atoms with Crippen LogP contribution < -0.4 is 5.32 Å². The molecule has 0 aromatic carbocycles. The molecule has 1 heterocycles. The molecule has 0 saturated heterocycles. The van der Waals surface area contributed by atoms with Gasteiger partial charge in [-0.3, -0.25) is 0 Å². The zero-order valence-electron chi connectivity index (χ0n) is 12.1. The molecule has 0 aliphatic rings. The largest absolute Gasteiger partial charge is 0.389 e. The monoisotopic (exact) mass is 285 g/mol. The Morgan fingerprint density at radius 3 is 2.89 bits per heavy atom. The Morgan fingerprint density at radius 2 is 2.21 bits per heavy atom. The summed E-state index contributed by atoms with van der Waals surface area (Å²) in [6.07, 6.45) is 4.41. The zero-order chi connectivity index (χ0) is 13.9. The SMILES string of the molecule is CCCCCCOCC(O)CNC(C)c1cccs1. The molecule has 0 bridgehead atoms. The van der Waals surface area contributed by atoms with E-state index in [2.05, 4.69) is 30.6 Å². The van der Waals surface area contributed by atoms with Gasteiger partial charge in [-0.05, 0) is 24.8 Å². The molecule has 1 aromatic rings. The van der Waals surface area contributed by atoms with Gasteiger partial charge < -0.3 is 15.2 Å². The highest BCUT2D eigenvalue weighted by Gasteiger charge is 2.09. The summed E-state index contributed by atoms with van der Waals surface area (Å²) in [5.74, 6) is 0. The van der Waals surface area contributed by atoms with Crippen molar-refractivity contribution in [1.29, 1.82) is 0 Å². The van der Waals surface area contributed by atoms with Gasteiger partial charge in [0.25, 0.3) is 0 Å². The summed E-state index contributed by atoms with van der Waals surface area (Å²) in [5.41, 5.74) is 0. The predicted octanol–water partition coefficient (Wildman–Crippen LogP) is 3.36. The normalized spacial score (nSPS) is 14.5. The van der Waals surface area contributed by atoms with Crippen LogP contribution in [-0.2, 0) is 4.74 Å². The lowest BCUT2D eigenvalue weighted by molar-refractivity contribution is 0.0344. The van der Waals surface area contributed by atoms with Gasteiger partial charge >= 0.3 is 0 Å². The van der Waals surface area contributed by atoms with Crippen molar-refractivity contribution < 1.29 is 9.84 Å². The van der Waals surface area contributed by atoms with Gasteiger partial charge in [0.1, 0.15) is 0 Å². The van der Waals surface area contributed by atoms with Crippen LogP contribution in [0.1, 0.15) is 50.4 Å². The van der Waals surface area contributed by atoms with E-state index in [-0.39, 0.29) is 0 Å². The topological polar surface area (TPSA) is 41.5 Å². The molecule has 1 rings (SSSR count). The lowest BCUT2D eigenvalue weighted by Gasteiger charge is -2.16. The van der Waals surface area contributed by atoms with Crippen molar-refractivity contribution in [2.24, 2.45) is 0 Å². The fourth-order valence-corrected chi connectivity index (χ4v) is 2.62. The molecule has 4 heteroatoms. The van der Waals surface area contributed by atoms with Crippen LogP contribution in [0.15, 0.2) is 17.5 Å². The van der Waals surface area contributed by atoms with E-state index in [1.165, 1.54) is 24.1 Å². The van der Waals surface area contributed by atoms with Gasteiger partial charge in [-0.2, -0.15) is 0 Å². The van der Waals surface area contributed by atoms with Gasteiger partial charge in [-0.1, -0.05) is 32.3 Å². The first-order chi connectivity index (χ1) is 9.24. The number of hydrogen-bond donors (Lipinski definition) is 2. The lowest BCUT2D eigenvalue weighted by Crippen LogP contribution is -2.32. The van der Waals surface area contributed by atoms with E-state index < -0.39 is 6.10 Å². The summed E-state index contributed by atoms with van der Waals surface area (Å²) in [4.78, 5) is 1.30. The quantitative estimate of drug-likeness (QED) is 0.613. The number of aliphatic hydroxyl groups is 1. The van der Waals surface area contributed by atoms with Crippen molar-refractivity contribution in [2.75, 3.05) is 19.8 Å². The molecule has 3 nitrogen and oxygen atoms in total. The third kappa shape index (κ3) is 7.67. The molecule has 0 amide bonds. The molecular formula is C15H27NO2S. The molecule has 0 aliphatic heterocycles. The fourth-order valence-electron chi connectivity index (χ4n) is 1.86. The average molecular weight is 285 g/mol. The average Bonchev–Trinajstić information content (AvgIpc) is 2.94. The smallest absolute Gasteiger partial charge is 0.0897 e. The second-order valence-electron chi connectivity index (χ2n) is 4.93. The van der Waals surface area contributed by atoms with Gasteiger partial charge in [0.2, 0.25) is 0 Å². The number of ether oxygens (including phenoxy) is 1. The standard InChI is InChI=1S/C15H27NO2S/c1-3-4-5-6-9-18-12-14(17)11-16-13(2)15-8-7-10-19-15/h7-8,10,13-14,16-17H,3-6,9,11-12H2,1-2H3. The summed E-state index contributed by atoms with van der Waals surface area (Å²) >= 11 is 1.74. The van der Waals surface area contributed by atoms with Crippen LogP contribution in [-0.4, -0.2) is 31.0 Å². The summed E-state index contributed by atoms with van der Waals surface area (Å²) in [7, 11) is 0. The van der Waals surface area contributed by atoms with Crippen molar-refractivity contribution in [2.45, 2.75) is 51.7 Å². The highest BCUT2D eigenvalue weighted by atomic mass is 32.1. The van der Waals surface area contributed by atoms with Crippen molar-refractivity contribution in [3.63, 3.8) is 0 Å². The van der Waals surface area contributed by atoms with E-state index in [4.69, 9.17) is 4.74 Å². The number of aliphatic hydroxyl groups excluding tert-OH is 1. The van der Waals surface area contributed by atoms with E-state index in [1.807, 2.05) is 6.07 Å². The summed E-state index contributed by atoms with van der Waals surface area (Å²) in [5, 5.41) is 15.2. The Hall–Kier alpha value is -0.420. The van der Waals surface area contributed by atoms with Crippen molar-refractivity contribution in [3.05, 3.63) is 22.4 Å². The maximum Gasteiger partial charge on any atom is 0.0897 e. The van der Waals surface area contributed by atoms with Gasteiger partial charge in [0.05, 0.1) is 12.7 Å². The van der Waals surface area contributed by atoms with E-state index in [0.717, 1.165) is 13.0 Å². The van der Waals surface area contributed by atoms with Crippen molar-refractivity contribution in [1.82, 2.24) is 5.32 Å². The van der Waals surface area contributed by atoms with Crippen molar-refractivity contribution >= 4 is 11.3 Å². The fraction of sp³-hybridized carbons (Fsp3) is 0.733. The van der Waals surface area contributed by atoms with E-state index >= 15 is 0 Å². The first kappa shape index (κ1) is 16.6. The molecule has 0 aliphatic carbocycles. The van der Waals surface area contributed by atoms with E-state index in [1.54, 1.807) is 11.3 Å². The number of rotatable bonds is 11.